The van der Waals surface area contributed by atoms with Crippen LogP contribution in [0.25, 0.3) is 0 Å². The summed E-state index contributed by atoms with van der Waals surface area (Å²) in [6.45, 7) is 2.19. The first kappa shape index (κ1) is 12.5. The van der Waals surface area contributed by atoms with E-state index in [2.05, 4.69) is 22.9 Å². The number of carbonyl (C=O) groups excluding carboxylic acids is 1. The highest BCUT2D eigenvalue weighted by molar-refractivity contribution is 9.10. The fourth-order valence-electron chi connectivity index (χ4n) is 1.52. The lowest BCUT2D eigenvalue weighted by Crippen LogP contribution is -1.97. The standard InChI is InChI=1S/C12H17BrO2/c1-2-3-4-5-6-7-11(14)10-8-9-15-12(10)13/h8-9H,2-7H2,1H3. The van der Waals surface area contributed by atoms with Crippen molar-refractivity contribution in [3.8, 4) is 0 Å². The zero-order chi connectivity index (χ0) is 11.1. The van der Waals surface area contributed by atoms with Crippen LogP contribution in [-0.4, -0.2) is 5.78 Å². The summed E-state index contributed by atoms with van der Waals surface area (Å²) < 4.78 is 5.58. The van der Waals surface area contributed by atoms with Crippen LogP contribution < -0.4 is 0 Å². The van der Waals surface area contributed by atoms with E-state index in [1.54, 1.807) is 6.07 Å². The van der Waals surface area contributed by atoms with Gasteiger partial charge >= 0.3 is 0 Å². The molecule has 0 saturated heterocycles. The number of halogens is 1. The van der Waals surface area contributed by atoms with Gasteiger partial charge in [-0.05, 0) is 28.4 Å². The van der Waals surface area contributed by atoms with Gasteiger partial charge in [-0.1, -0.05) is 32.6 Å². The van der Waals surface area contributed by atoms with Crippen molar-refractivity contribution in [1.82, 2.24) is 0 Å². The molecule has 0 aliphatic heterocycles. The van der Waals surface area contributed by atoms with E-state index in [-0.39, 0.29) is 5.78 Å². The topological polar surface area (TPSA) is 30.2 Å². The van der Waals surface area contributed by atoms with E-state index in [9.17, 15) is 4.79 Å². The van der Waals surface area contributed by atoms with Gasteiger partial charge in [0.05, 0.1) is 11.8 Å². The summed E-state index contributed by atoms with van der Waals surface area (Å²) in [7, 11) is 0. The highest BCUT2D eigenvalue weighted by Gasteiger charge is 2.11. The third-order valence-corrected chi connectivity index (χ3v) is 3.04. The van der Waals surface area contributed by atoms with Crippen molar-refractivity contribution in [3.63, 3.8) is 0 Å². The molecule has 0 aliphatic rings. The predicted molar refractivity (Wildman–Crippen MR) is 64.1 cm³/mol. The zero-order valence-electron chi connectivity index (χ0n) is 9.09. The maximum atomic E-state index is 11.7. The monoisotopic (exact) mass is 272 g/mol. The molecule has 0 unspecified atom stereocenters. The third kappa shape index (κ3) is 4.20. The van der Waals surface area contributed by atoms with Crippen LogP contribution in [0.15, 0.2) is 21.4 Å². The molecule has 1 rings (SSSR count). The van der Waals surface area contributed by atoms with Gasteiger partial charge < -0.3 is 4.42 Å². The lowest BCUT2D eigenvalue weighted by atomic mass is 10.1. The summed E-state index contributed by atoms with van der Waals surface area (Å²) >= 11 is 3.21. The maximum Gasteiger partial charge on any atom is 0.179 e. The van der Waals surface area contributed by atoms with E-state index in [1.165, 1.54) is 25.5 Å². The van der Waals surface area contributed by atoms with E-state index in [0.29, 0.717) is 16.7 Å². The number of hydrogen-bond acceptors (Lipinski definition) is 2. The van der Waals surface area contributed by atoms with Gasteiger partial charge in [0.2, 0.25) is 0 Å². The molecule has 0 aliphatic carbocycles. The molecule has 1 heterocycles. The molecule has 0 bridgehead atoms. The Hall–Kier alpha value is -0.570. The summed E-state index contributed by atoms with van der Waals surface area (Å²) in [6.07, 6.45) is 8.03. The predicted octanol–water partition coefficient (Wildman–Crippen LogP) is 4.59. The van der Waals surface area contributed by atoms with E-state index in [4.69, 9.17) is 4.42 Å². The Labute approximate surface area is 99.2 Å². The van der Waals surface area contributed by atoms with Gasteiger partial charge in [-0.15, -0.1) is 0 Å². The van der Waals surface area contributed by atoms with Gasteiger partial charge in [0.15, 0.2) is 10.5 Å². The summed E-state index contributed by atoms with van der Waals surface area (Å²) in [5.74, 6) is 0.173. The highest BCUT2D eigenvalue weighted by atomic mass is 79.9. The minimum absolute atomic E-state index is 0.173. The second-order valence-electron chi connectivity index (χ2n) is 3.70. The Morgan fingerprint density at radius 1 is 1.33 bits per heavy atom. The minimum Gasteiger partial charge on any atom is -0.457 e. The van der Waals surface area contributed by atoms with Crippen molar-refractivity contribution in [3.05, 3.63) is 22.6 Å². The number of rotatable bonds is 7. The molecule has 84 valence electrons. The largest absolute Gasteiger partial charge is 0.457 e. The average molecular weight is 273 g/mol. The smallest absolute Gasteiger partial charge is 0.179 e. The normalized spacial score (nSPS) is 10.5. The van der Waals surface area contributed by atoms with Crippen molar-refractivity contribution < 1.29 is 9.21 Å². The molecule has 1 aromatic rings. The second-order valence-corrected chi connectivity index (χ2v) is 4.42. The zero-order valence-corrected chi connectivity index (χ0v) is 10.7. The number of Topliss-reactive ketones (excluding diaryl/α,β-unsaturated/α-hetero) is 1. The molecule has 0 fully saturated rings. The van der Waals surface area contributed by atoms with Crippen LogP contribution in [0.1, 0.15) is 55.8 Å². The number of hydrogen-bond donors (Lipinski definition) is 0. The van der Waals surface area contributed by atoms with Crippen LogP contribution in [-0.2, 0) is 0 Å². The minimum atomic E-state index is 0.173. The van der Waals surface area contributed by atoms with Gasteiger partial charge in [-0.25, -0.2) is 0 Å². The van der Waals surface area contributed by atoms with Crippen LogP contribution in [0.5, 0.6) is 0 Å². The highest BCUT2D eigenvalue weighted by Crippen LogP contribution is 2.20. The first-order chi connectivity index (χ1) is 7.25. The Morgan fingerprint density at radius 3 is 2.67 bits per heavy atom. The number of unbranched alkanes of at least 4 members (excludes halogenated alkanes) is 4. The van der Waals surface area contributed by atoms with Crippen LogP contribution >= 0.6 is 15.9 Å². The summed E-state index contributed by atoms with van der Waals surface area (Å²) in [5, 5.41) is 0. The quantitative estimate of drug-likeness (QED) is 0.537. The second kappa shape index (κ2) is 6.83. The molecule has 0 spiro atoms. The van der Waals surface area contributed by atoms with Crippen LogP contribution in [0.3, 0.4) is 0 Å². The summed E-state index contributed by atoms with van der Waals surface area (Å²) in [6, 6.07) is 1.72. The molecule has 0 aromatic carbocycles. The van der Waals surface area contributed by atoms with Crippen molar-refractivity contribution in [2.45, 2.75) is 45.4 Å². The van der Waals surface area contributed by atoms with Crippen LogP contribution in [0, 0.1) is 0 Å². The maximum absolute atomic E-state index is 11.7. The van der Waals surface area contributed by atoms with E-state index >= 15 is 0 Å². The number of ketones is 1. The molecular weight excluding hydrogens is 256 g/mol. The third-order valence-electron chi connectivity index (χ3n) is 2.43. The summed E-state index contributed by atoms with van der Waals surface area (Å²) in [4.78, 5) is 11.7. The molecule has 1 aromatic heterocycles. The van der Waals surface area contributed by atoms with E-state index in [1.807, 2.05) is 0 Å². The fraction of sp³-hybridized carbons (Fsp3) is 0.583. The average Bonchev–Trinajstić information content (AvgIpc) is 2.64. The van der Waals surface area contributed by atoms with Crippen molar-refractivity contribution in [2.75, 3.05) is 0 Å². The number of carbonyl (C=O) groups is 1. The lowest BCUT2D eigenvalue weighted by Gasteiger charge is -1.99. The van der Waals surface area contributed by atoms with Crippen molar-refractivity contribution in [1.29, 1.82) is 0 Å². The molecule has 15 heavy (non-hydrogen) atoms. The molecule has 0 radical (unpaired) electrons. The Balaban J connectivity index is 2.22. The molecule has 3 heteroatoms. The van der Waals surface area contributed by atoms with Gasteiger partial charge in [0, 0.05) is 6.42 Å². The van der Waals surface area contributed by atoms with Gasteiger partial charge in [0.25, 0.3) is 0 Å². The molecular formula is C12H17BrO2. The SMILES string of the molecule is CCCCCCCC(=O)c1ccoc1Br. The van der Waals surface area contributed by atoms with Gasteiger partial charge in [0.1, 0.15) is 0 Å². The molecule has 0 amide bonds. The molecule has 2 nitrogen and oxygen atoms in total. The fourth-order valence-corrected chi connectivity index (χ4v) is 1.98. The van der Waals surface area contributed by atoms with E-state index < -0.39 is 0 Å². The van der Waals surface area contributed by atoms with E-state index in [0.717, 1.165) is 12.8 Å². The first-order valence-corrected chi connectivity index (χ1v) is 6.31. The van der Waals surface area contributed by atoms with Gasteiger partial charge in [-0.3, -0.25) is 4.79 Å². The van der Waals surface area contributed by atoms with Crippen molar-refractivity contribution >= 4 is 21.7 Å². The Bertz CT molecular complexity index is 304. The first-order valence-electron chi connectivity index (χ1n) is 5.52. The molecule has 0 N–H and O–H groups in total. The molecule has 0 atom stereocenters. The lowest BCUT2D eigenvalue weighted by molar-refractivity contribution is 0.0977. The van der Waals surface area contributed by atoms with Crippen molar-refractivity contribution in [2.24, 2.45) is 0 Å². The summed E-state index contributed by atoms with van der Waals surface area (Å²) in [5.41, 5.74) is 0.672. The number of furan rings is 1. The van der Waals surface area contributed by atoms with Crippen LogP contribution in [0.2, 0.25) is 0 Å². The Morgan fingerprint density at radius 2 is 2.07 bits per heavy atom. The Kier molecular flexibility index (Phi) is 5.69. The molecule has 0 saturated carbocycles. The van der Waals surface area contributed by atoms with Gasteiger partial charge in [-0.2, -0.15) is 0 Å². The van der Waals surface area contributed by atoms with Crippen LogP contribution in [0.4, 0.5) is 0 Å².